The van der Waals surface area contributed by atoms with E-state index in [4.69, 9.17) is 11.0 Å². The lowest BCUT2D eigenvalue weighted by Gasteiger charge is -2.39. The number of benzene rings is 2. The van der Waals surface area contributed by atoms with Gasteiger partial charge in [-0.25, -0.2) is 0 Å². The third-order valence-corrected chi connectivity index (χ3v) is 4.52. The second kappa shape index (κ2) is 5.44. The summed E-state index contributed by atoms with van der Waals surface area (Å²) >= 11 is 0. The number of anilines is 1. The predicted molar refractivity (Wildman–Crippen MR) is 90.1 cm³/mol. The number of nitrogens with one attached hydrogen (secondary N) is 1. The molecule has 3 N–H and O–H groups in total. The van der Waals surface area contributed by atoms with Crippen LogP contribution in [0, 0.1) is 11.3 Å². The molecule has 4 nitrogen and oxygen atoms in total. The van der Waals surface area contributed by atoms with Gasteiger partial charge in [0.15, 0.2) is 0 Å². The first-order valence-corrected chi connectivity index (χ1v) is 7.62. The standard InChI is InChI=1S/C19H19N3O/c1-19(2)10-17(13-5-3-4-6-14(13)18(21)23)22-16-8-7-12(11-20)9-15(16)19/h3-9,17,22H,10H2,1-2H3,(H2,21,23). The number of fused-ring (bicyclic) bond motifs is 1. The smallest absolute Gasteiger partial charge is 0.249 e. The van der Waals surface area contributed by atoms with Crippen LogP contribution in [0.25, 0.3) is 0 Å². The Morgan fingerprint density at radius 1 is 1.30 bits per heavy atom. The van der Waals surface area contributed by atoms with E-state index in [1.165, 1.54) is 0 Å². The summed E-state index contributed by atoms with van der Waals surface area (Å²) < 4.78 is 0. The minimum Gasteiger partial charge on any atom is -0.378 e. The molecular weight excluding hydrogens is 286 g/mol. The van der Waals surface area contributed by atoms with Gasteiger partial charge in [0.05, 0.1) is 17.7 Å². The molecule has 116 valence electrons. The zero-order valence-electron chi connectivity index (χ0n) is 13.3. The second-order valence-corrected chi connectivity index (χ2v) is 6.61. The van der Waals surface area contributed by atoms with E-state index < -0.39 is 5.91 Å². The first-order valence-electron chi connectivity index (χ1n) is 7.62. The van der Waals surface area contributed by atoms with Crippen molar-refractivity contribution in [3.05, 3.63) is 64.7 Å². The molecule has 1 unspecified atom stereocenters. The number of nitrogens with zero attached hydrogens (tertiary/aromatic N) is 1. The van der Waals surface area contributed by atoms with Gasteiger partial charge in [-0.2, -0.15) is 5.26 Å². The molecule has 0 aromatic heterocycles. The molecule has 3 rings (SSSR count). The number of hydrogen-bond donors (Lipinski definition) is 2. The zero-order chi connectivity index (χ0) is 16.6. The molecule has 0 bridgehead atoms. The molecule has 0 saturated carbocycles. The van der Waals surface area contributed by atoms with Gasteiger partial charge in [-0.15, -0.1) is 0 Å². The van der Waals surface area contributed by atoms with Gasteiger partial charge in [-0.05, 0) is 47.2 Å². The summed E-state index contributed by atoms with van der Waals surface area (Å²) in [6, 6.07) is 15.4. The Morgan fingerprint density at radius 3 is 2.74 bits per heavy atom. The van der Waals surface area contributed by atoms with Crippen molar-refractivity contribution in [2.75, 3.05) is 5.32 Å². The van der Waals surface area contributed by atoms with E-state index in [0.29, 0.717) is 11.1 Å². The molecule has 1 atom stereocenters. The van der Waals surface area contributed by atoms with Crippen LogP contribution in [-0.2, 0) is 5.41 Å². The first-order chi connectivity index (χ1) is 10.9. The maximum absolute atomic E-state index is 11.7. The molecule has 1 amide bonds. The first kappa shape index (κ1) is 15.1. The number of primary amides is 1. The fraction of sp³-hybridized carbons (Fsp3) is 0.263. The van der Waals surface area contributed by atoms with Gasteiger partial charge in [0, 0.05) is 11.3 Å². The second-order valence-electron chi connectivity index (χ2n) is 6.61. The topological polar surface area (TPSA) is 78.9 Å². The summed E-state index contributed by atoms with van der Waals surface area (Å²) in [4.78, 5) is 11.7. The number of hydrogen-bond acceptors (Lipinski definition) is 3. The van der Waals surface area contributed by atoms with Crippen molar-refractivity contribution in [1.82, 2.24) is 0 Å². The van der Waals surface area contributed by atoms with Crippen LogP contribution in [0.5, 0.6) is 0 Å². The maximum atomic E-state index is 11.7. The van der Waals surface area contributed by atoms with Gasteiger partial charge in [-0.1, -0.05) is 32.0 Å². The molecule has 0 saturated heterocycles. The molecular formula is C19H19N3O. The van der Waals surface area contributed by atoms with Gasteiger partial charge >= 0.3 is 0 Å². The highest BCUT2D eigenvalue weighted by Gasteiger charge is 2.34. The third kappa shape index (κ3) is 2.66. The fourth-order valence-corrected chi connectivity index (χ4v) is 3.37. The van der Waals surface area contributed by atoms with Crippen molar-refractivity contribution in [1.29, 1.82) is 5.26 Å². The normalized spacial score (nSPS) is 18.4. The largest absolute Gasteiger partial charge is 0.378 e. The number of nitriles is 1. The van der Waals surface area contributed by atoms with Crippen LogP contribution < -0.4 is 11.1 Å². The summed E-state index contributed by atoms with van der Waals surface area (Å²) in [7, 11) is 0. The summed E-state index contributed by atoms with van der Waals surface area (Å²) in [6.07, 6.45) is 0.819. The van der Waals surface area contributed by atoms with Gasteiger partial charge in [-0.3, -0.25) is 4.79 Å². The average Bonchev–Trinajstić information content (AvgIpc) is 2.54. The minimum absolute atomic E-state index is 0.00846. The van der Waals surface area contributed by atoms with Crippen LogP contribution >= 0.6 is 0 Å². The van der Waals surface area contributed by atoms with Crippen LogP contribution in [0.2, 0.25) is 0 Å². The van der Waals surface area contributed by atoms with Crippen LogP contribution in [0.1, 0.15) is 53.4 Å². The lowest BCUT2D eigenvalue weighted by Crippen LogP contribution is -2.32. The van der Waals surface area contributed by atoms with E-state index in [1.807, 2.05) is 36.4 Å². The molecule has 1 aliphatic rings. The van der Waals surface area contributed by atoms with Gasteiger partial charge < -0.3 is 11.1 Å². The lowest BCUT2D eigenvalue weighted by molar-refractivity contribution is 0.0998. The number of nitrogens with two attached hydrogens (primary N) is 1. The Kier molecular flexibility index (Phi) is 3.57. The highest BCUT2D eigenvalue weighted by molar-refractivity contribution is 5.94. The highest BCUT2D eigenvalue weighted by Crippen LogP contribution is 2.44. The van der Waals surface area contributed by atoms with Crippen molar-refractivity contribution in [3.8, 4) is 6.07 Å². The maximum Gasteiger partial charge on any atom is 0.249 e. The Bertz CT molecular complexity index is 818. The SMILES string of the molecule is CC1(C)CC(c2ccccc2C(N)=O)Nc2ccc(C#N)cc21. The Balaban J connectivity index is 2.06. The number of carbonyl (C=O) groups excluding carboxylic acids is 1. The Morgan fingerprint density at radius 2 is 2.04 bits per heavy atom. The summed E-state index contributed by atoms with van der Waals surface area (Å²) in [5, 5.41) is 12.6. The van der Waals surface area contributed by atoms with Crippen molar-refractivity contribution in [3.63, 3.8) is 0 Å². The number of rotatable bonds is 2. The van der Waals surface area contributed by atoms with Crippen LogP contribution in [0.15, 0.2) is 42.5 Å². The minimum atomic E-state index is -0.411. The highest BCUT2D eigenvalue weighted by atomic mass is 16.1. The van der Waals surface area contributed by atoms with E-state index in [1.54, 1.807) is 6.07 Å². The van der Waals surface area contributed by atoms with Crippen LogP contribution in [0.3, 0.4) is 0 Å². The lowest BCUT2D eigenvalue weighted by atomic mass is 9.73. The summed E-state index contributed by atoms with van der Waals surface area (Å²) in [5.74, 6) is -0.411. The summed E-state index contributed by atoms with van der Waals surface area (Å²) in [5.41, 5.74) is 9.68. The van der Waals surface area contributed by atoms with Gasteiger partial charge in [0.2, 0.25) is 5.91 Å². The summed E-state index contributed by atoms with van der Waals surface area (Å²) in [6.45, 7) is 4.32. The van der Waals surface area contributed by atoms with E-state index in [0.717, 1.165) is 23.2 Å². The third-order valence-electron chi connectivity index (χ3n) is 4.52. The Labute approximate surface area is 135 Å². The van der Waals surface area contributed by atoms with Crippen LogP contribution in [-0.4, -0.2) is 5.91 Å². The molecule has 1 aliphatic heterocycles. The van der Waals surface area contributed by atoms with E-state index in [2.05, 4.69) is 25.2 Å². The fourth-order valence-electron chi connectivity index (χ4n) is 3.37. The van der Waals surface area contributed by atoms with E-state index >= 15 is 0 Å². The Hall–Kier alpha value is -2.80. The molecule has 2 aromatic rings. The zero-order valence-corrected chi connectivity index (χ0v) is 13.3. The molecule has 4 heteroatoms. The van der Waals surface area contributed by atoms with Crippen molar-refractivity contribution < 1.29 is 4.79 Å². The van der Waals surface area contributed by atoms with Crippen molar-refractivity contribution in [2.45, 2.75) is 31.7 Å². The van der Waals surface area contributed by atoms with Crippen LogP contribution in [0.4, 0.5) is 5.69 Å². The molecule has 1 heterocycles. The van der Waals surface area contributed by atoms with Gasteiger partial charge in [0.1, 0.15) is 0 Å². The molecule has 0 fully saturated rings. The molecule has 23 heavy (non-hydrogen) atoms. The van der Waals surface area contributed by atoms with E-state index in [-0.39, 0.29) is 11.5 Å². The van der Waals surface area contributed by atoms with E-state index in [9.17, 15) is 4.79 Å². The predicted octanol–water partition coefficient (Wildman–Crippen LogP) is 3.49. The molecule has 0 radical (unpaired) electrons. The van der Waals surface area contributed by atoms with Gasteiger partial charge in [0.25, 0.3) is 0 Å². The van der Waals surface area contributed by atoms with Crippen molar-refractivity contribution >= 4 is 11.6 Å². The average molecular weight is 305 g/mol. The molecule has 0 spiro atoms. The molecule has 0 aliphatic carbocycles. The number of carbonyl (C=O) groups is 1. The quantitative estimate of drug-likeness (QED) is 0.891. The molecule has 2 aromatic carbocycles. The van der Waals surface area contributed by atoms with Crippen molar-refractivity contribution in [2.24, 2.45) is 5.73 Å². The number of amides is 1. The monoisotopic (exact) mass is 305 g/mol.